The highest BCUT2D eigenvalue weighted by Gasteiger charge is 2.41. The number of piperidine rings is 1. The number of carbonyl (C=O) groups is 2. The van der Waals surface area contributed by atoms with E-state index in [9.17, 15) is 9.59 Å². The van der Waals surface area contributed by atoms with Crippen molar-refractivity contribution in [3.8, 4) is 0 Å². The molecule has 2 aromatic rings. The molecule has 132 valence electrons. The highest BCUT2D eigenvalue weighted by molar-refractivity contribution is 7.07. The highest BCUT2D eigenvalue weighted by Crippen LogP contribution is 2.30. The van der Waals surface area contributed by atoms with Gasteiger partial charge in [-0.1, -0.05) is 0 Å². The molecule has 2 atom stereocenters. The Kier molecular flexibility index (Phi) is 4.52. The Bertz CT molecular complexity index is 730. The second kappa shape index (κ2) is 6.95. The van der Waals surface area contributed by atoms with Crippen LogP contribution < -0.4 is 0 Å². The molecule has 2 aromatic heterocycles. The molecule has 2 bridgehead atoms. The first kappa shape index (κ1) is 16.3. The smallest absolute Gasteiger partial charge is 0.228 e. The Balaban J connectivity index is 1.43. The van der Waals surface area contributed by atoms with Gasteiger partial charge in [-0.3, -0.25) is 14.3 Å². The molecule has 2 amide bonds. The molecular formula is C17H21N5O2S. The first-order valence-electron chi connectivity index (χ1n) is 8.63. The summed E-state index contributed by atoms with van der Waals surface area (Å²) >= 11 is 1.54. The molecule has 0 saturated carbocycles. The van der Waals surface area contributed by atoms with Gasteiger partial charge in [0.25, 0.3) is 0 Å². The molecule has 3 aliphatic rings. The summed E-state index contributed by atoms with van der Waals surface area (Å²) in [5.41, 5.74) is 2.73. The summed E-state index contributed by atoms with van der Waals surface area (Å²) in [6.07, 6.45) is 5.83. The lowest BCUT2D eigenvalue weighted by atomic mass is 9.94. The first-order valence-corrected chi connectivity index (χ1v) is 9.58. The van der Waals surface area contributed by atoms with Crippen molar-refractivity contribution in [3.05, 3.63) is 35.0 Å². The first-order chi connectivity index (χ1) is 12.2. The molecule has 5 rings (SSSR count). The van der Waals surface area contributed by atoms with Crippen molar-refractivity contribution >= 4 is 23.2 Å². The SMILES string of the molecule is O=C(CCn1cccn1)N1C[C@@H]2CC[C@H](C1)N(Cc1cscn1)C2=O. The molecule has 5 heterocycles. The van der Waals surface area contributed by atoms with E-state index in [1.54, 1.807) is 27.7 Å². The molecular weight excluding hydrogens is 338 g/mol. The average molecular weight is 359 g/mol. The Morgan fingerprint density at radius 2 is 2.24 bits per heavy atom. The van der Waals surface area contributed by atoms with Gasteiger partial charge in [-0.25, -0.2) is 4.98 Å². The fraction of sp³-hybridized carbons (Fsp3) is 0.529. The van der Waals surface area contributed by atoms with Crippen LogP contribution in [0, 0.1) is 5.92 Å². The monoisotopic (exact) mass is 359 g/mol. The van der Waals surface area contributed by atoms with Crippen LogP contribution in [0.25, 0.3) is 0 Å². The number of aryl methyl sites for hydroxylation is 1. The zero-order chi connectivity index (χ0) is 17.2. The van der Waals surface area contributed by atoms with Crippen LogP contribution >= 0.6 is 11.3 Å². The van der Waals surface area contributed by atoms with Crippen LogP contribution in [0.15, 0.2) is 29.4 Å². The van der Waals surface area contributed by atoms with Gasteiger partial charge in [-0.05, 0) is 18.9 Å². The maximum atomic E-state index is 12.8. The number of hydrogen-bond donors (Lipinski definition) is 0. The fourth-order valence-corrected chi connectivity index (χ4v) is 4.29. The van der Waals surface area contributed by atoms with E-state index in [0.29, 0.717) is 32.6 Å². The molecule has 8 heteroatoms. The molecule has 0 spiro atoms. The Labute approximate surface area is 150 Å². The van der Waals surface area contributed by atoms with Gasteiger partial charge in [0.2, 0.25) is 11.8 Å². The van der Waals surface area contributed by atoms with E-state index in [2.05, 4.69) is 10.1 Å². The fourth-order valence-electron chi connectivity index (χ4n) is 3.74. The zero-order valence-corrected chi connectivity index (χ0v) is 14.8. The summed E-state index contributed by atoms with van der Waals surface area (Å²) in [5, 5.41) is 6.12. The lowest BCUT2D eigenvalue weighted by Crippen LogP contribution is -2.47. The van der Waals surface area contributed by atoms with Crippen molar-refractivity contribution in [2.24, 2.45) is 5.92 Å². The Hall–Kier alpha value is -2.22. The van der Waals surface area contributed by atoms with Crippen molar-refractivity contribution in [1.82, 2.24) is 24.6 Å². The molecule has 0 aromatic carbocycles. The third-order valence-corrected chi connectivity index (χ3v) is 5.71. The average Bonchev–Trinajstić information content (AvgIpc) is 3.25. The lowest BCUT2D eigenvalue weighted by molar-refractivity contribution is -0.140. The van der Waals surface area contributed by atoms with Crippen molar-refractivity contribution in [2.75, 3.05) is 13.1 Å². The summed E-state index contributed by atoms with van der Waals surface area (Å²) in [5.74, 6) is 0.202. The predicted octanol–water partition coefficient (Wildman–Crippen LogP) is 1.38. The van der Waals surface area contributed by atoms with Gasteiger partial charge in [0.15, 0.2) is 0 Å². The van der Waals surface area contributed by atoms with E-state index in [0.717, 1.165) is 18.5 Å². The van der Waals surface area contributed by atoms with Gasteiger partial charge in [-0.2, -0.15) is 5.10 Å². The number of rotatable bonds is 5. The van der Waals surface area contributed by atoms with Crippen LogP contribution in [0.2, 0.25) is 0 Å². The Morgan fingerprint density at radius 3 is 3.00 bits per heavy atom. The molecule has 0 N–H and O–H groups in total. The van der Waals surface area contributed by atoms with Crippen molar-refractivity contribution < 1.29 is 9.59 Å². The molecule has 0 unspecified atom stereocenters. The number of nitrogens with zero attached hydrogens (tertiary/aromatic N) is 5. The van der Waals surface area contributed by atoms with E-state index >= 15 is 0 Å². The largest absolute Gasteiger partial charge is 0.340 e. The maximum Gasteiger partial charge on any atom is 0.228 e. The summed E-state index contributed by atoms with van der Waals surface area (Å²) < 4.78 is 1.77. The second-order valence-electron chi connectivity index (χ2n) is 6.69. The number of carbonyl (C=O) groups excluding carboxylic acids is 2. The van der Waals surface area contributed by atoms with Gasteiger partial charge < -0.3 is 9.80 Å². The molecule has 0 radical (unpaired) electrons. The van der Waals surface area contributed by atoms with Crippen molar-refractivity contribution in [1.29, 1.82) is 0 Å². The summed E-state index contributed by atoms with van der Waals surface area (Å²) in [7, 11) is 0. The topological polar surface area (TPSA) is 71.3 Å². The lowest BCUT2D eigenvalue weighted by Gasteiger charge is -2.35. The summed E-state index contributed by atoms with van der Waals surface area (Å²) in [6, 6.07) is 1.95. The molecule has 3 saturated heterocycles. The minimum atomic E-state index is -0.0777. The number of fused-ring (bicyclic) bond motifs is 4. The van der Waals surface area contributed by atoms with Crippen LogP contribution in [-0.2, 0) is 22.7 Å². The maximum absolute atomic E-state index is 12.8. The third kappa shape index (κ3) is 3.44. The van der Waals surface area contributed by atoms with E-state index in [4.69, 9.17) is 0 Å². The second-order valence-corrected chi connectivity index (χ2v) is 7.41. The molecule has 0 aliphatic carbocycles. The predicted molar refractivity (Wildman–Crippen MR) is 92.6 cm³/mol. The highest BCUT2D eigenvalue weighted by atomic mass is 32.1. The normalized spacial score (nSPS) is 23.1. The van der Waals surface area contributed by atoms with E-state index in [1.165, 1.54) is 0 Å². The van der Waals surface area contributed by atoms with Crippen LogP contribution in [0.5, 0.6) is 0 Å². The van der Waals surface area contributed by atoms with Crippen LogP contribution in [-0.4, -0.2) is 55.5 Å². The summed E-state index contributed by atoms with van der Waals surface area (Å²) in [4.78, 5) is 33.6. The molecule has 7 nitrogen and oxygen atoms in total. The summed E-state index contributed by atoms with van der Waals surface area (Å²) in [6.45, 7) is 2.30. The molecule has 25 heavy (non-hydrogen) atoms. The number of thiazole rings is 1. The zero-order valence-electron chi connectivity index (χ0n) is 14.0. The van der Waals surface area contributed by atoms with Gasteiger partial charge >= 0.3 is 0 Å². The van der Waals surface area contributed by atoms with Gasteiger partial charge in [-0.15, -0.1) is 11.3 Å². The third-order valence-electron chi connectivity index (χ3n) is 5.08. The van der Waals surface area contributed by atoms with Crippen LogP contribution in [0.4, 0.5) is 0 Å². The number of aromatic nitrogens is 3. The minimum Gasteiger partial charge on any atom is -0.340 e. The van der Waals surface area contributed by atoms with Crippen molar-refractivity contribution in [2.45, 2.75) is 38.4 Å². The molecule has 3 fully saturated rings. The van der Waals surface area contributed by atoms with Crippen molar-refractivity contribution in [3.63, 3.8) is 0 Å². The number of amides is 2. The van der Waals surface area contributed by atoms with Crippen LogP contribution in [0.1, 0.15) is 25.0 Å². The van der Waals surface area contributed by atoms with Crippen LogP contribution in [0.3, 0.4) is 0 Å². The number of hydrogen-bond acceptors (Lipinski definition) is 5. The van der Waals surface area contributed by atoms with E-state index in [-0.39, 0.29) is 23.8 Å². The molecule has 3 aliphatic heterocycles. The van der Waals surface area contributed by atoms with Gasteiger partial charge in [0, 0.05) is 49.9 Å². The van der Waals surface area contributed by atoms with E-state index < -0.39 is 0 Å². The van der Waals surface area contributed by atoms with Gasteiger partial charge in [0.1, 0.15) is 0 Å². The standard InChI is InChI=1S/C17H21N5O2S/c23-16(4-7-21-6-1-5-19-21)20-8-13-2-3-15(10-20)22(17(13)24)9-14-11-25-12-18-14/h1,5-6,11-13,15H,2-4,7-10H2/t13-,15+/m0/s1. The Morgan fingerprint density at radius 1 is 1.32 bits per heavy atom. The minimum absolute atomic E-state index is 0.0777. The van der Waals surface area contributed by atoms with Gasteiger partial charge in [0.05, 0.1) is 23.7 Å². The van der Waals surface area contributed by atoms with E-state index in [1.807, 2.05) is 27.4 Å². The quantitative estimate of drug-likeness (QED) is 0.809.